The van der Waals surface area contributed by atoms with E-state index in [0.717, 1.165) is 51.4 Å². The minimum absolute atomic E-state index is 0.173. The quantitative estimate of drug-likeness (QED) is 0.0586. The molecule has 1 amide bonds. The third kappa shape index (κ3) is 25.3. The van der Waals surface area contributed by atoms with Crippen LogP contribution in [0.1, 0.15) is 149 Å². The molecule has 0 bridgehead atoms. The summed E-state index contributed by atoms with van der Waals surface area (Å²) in [6.07, 6.45) is 33.7. The van der Waals surface area contributed by atoms with Crippen LogP contribution in [0.25, 0.3) is 0 Å². The van der Waals surface area contributed by atoms with Gasteiger partial charge in [-0.3, -0.25) is 4.79 Å². The number of carbonyl (C=O) groups is 1. The predicted octanol–water partition coefficient (Wildman–Crippen LogP) is 8.09. The van der Waals surface area contributed by atoms with Crippen molar-refractivity contribution in [2.45, 2.75) is 167 Å². The lowest BCUT2D eigenvalue weighted by Crippen LogP contribution is -2.50. The van der Waals surface area contributed by atoms with Crippen LogP contribution >= 0.6 is 0 Å². The summed E-state index contributed by atoms with van der Waals surface area (Å²) in [5.41, 5.74) is 0. The molecule has 0 aromatic carbocycles. The maximum atomic E-state index is 12.3. The van der Waals surface area contributed by atoms with E-state index >= 15 is 0 Å². The highest BCUT2D eigenvalue weighted by Crippen LogP contribution is 2.12. The number of hydrogen-bond donors (Lipinski definition) is 4. The first kappa shape index (κ1) is 37.6. The van der Waals surface area contributed by atoms with Gasteiger partial charge in [-0.25, -0.2) is 0 Å². The molecule has 5 heteroatoms. The zero-order chi connectivity index (χ0) is 28.8. The third-order valence-corrected chi connectivity index (χ3v) is 7.19. The number of aliphatic hydroxyl groups is 3. The molecule has 0 aromatic rings. The fraction of sp³-hybridized carbons (Fsp3) is 0.794. The van der Waals surface area contributed by atoms with Gasteiger partial charge in [0.15, 0.2) is 0 Å². The van der Waals surface area contributed by atoms with Gasteiger partial charge in [-0.2, -0.15) is 0 Å². The molecular weight excluding hydrogens is 486 g/mol. The molecule has 0 aliphatic heterocycles. The van der Waals surface area contributed by atoms with Crippen LogP contribution in [-0.2, 0) is 4.79 Å². The zero-order valence-corrected chi connectivity index (χ0v) is 25.5. The molecule has 3 unspecified atom stereocenters. The van der Waals surface area contributed by atoms with E-state index in [9.17, 15) is 20.1 Å². The van der Waals surface area contributed by atoms with Crippen LogP contribution in [0.3, 0.4) is 0 Å². The Kier molecular flexibility index (Phi) is 28.5. The number of aliphatic hydroxyl groups excluding tert-OH is 3. The smallest absolute Gasteiger partial charge is 0.220 e. The van der Waals surface area contributed by atoms with Crippen molar-refractivity contribution < 1.29 is 20.1 Å². The van der Waals surface area contributed by atoms with Gasteiger partial charge in [0.25, 0.3) is 0 Å². The number of nitrogens with one attached hydrogen (secondary N) is 1. The lowest BCUT2D eigenvalue weighted by molar-refractivity contribution is -0.124. The van der Waals surface area contributed by atoms with Gasteiger partial charge < -0.3 is 20.6 Å². The van der Waals surface area contributed by atoms with E-state index in [4.69, 9.17) is 0 Å². The summed E-state index contributed by atoms with van der Waals surface area (Å²) in [6, 6.07) is -0.832. The predicted molar refractivity (Wildman–Crippen MR) is 167 cm³/mol. The first-order valence-electron chi connectivity index (χ1n) is 16.3. The number of amides is 1. The van der Waals surface area contributed by atoms with Crippen molar-refractivity contribution in [3.63, 3.8) is 0 Å². The van der Waals surface area contributed by atoms with E-state index < -0.39 is 18.2 Å². The second-order valence-corrected chi connectivity index (χ2v) is 11.0. The summed E-state index contributed by atoms with van der Waals surface area (Å²) in [6.45, 7) is 4.07. The lowest BCUT2D eigenvalue weighted by atomic mass is 10.0. The standard InChI is InChI=1S/C34H63NO4/c1-3-5-7-9-11-13-15-17-18-20-22-24-26-28-32(37)34(39)31(30-36)35-33(38)29-27-25-23-21-19-16-14-12-10-8-6-4-2/h12-15,20,22,31-32,34,36-37,39H,3-11,16-19,21,23-30H2,1-2H3,(H,35,38)/b14-12-,15-13+,22-20+. The Morgan fingerprint density at radius 3 is 1.62 bits per heavy atom. The number of unbranched alkanes of at least 4 members (excludes halogenated alkanes) is 14. The largest absolute Gasteiger partial charge is 0.394 e. The van der Waals surface area contributed by atoms with Crippen LogP contribution in [0, 0.1) is 0 Å². The Hall–Kier alpha value is -1.43. The second kappa shape index (κ2) is 29.6. The van der Waals surface area contributed by atoms with Crippen molar-refractivity contribution in [3.05, 3.63) is 36.5 Å². The van der Waals surface area contributed by atoms with Gasteiger partial charge in [0.2, 0.25) is 5.91 Å². The zero-order valence-electron chi connectivity index (χ0n) is 25.5. The molecule has 0 spiro atoms. The first-order chi connectivity index (χ1) is 19.1. The number of hydrogen-bond acceptors (Lipinski definition) is 4. The van der Waals surface area contributed by atoms with Crippen molar-refractivity contribution >= 4 is 5.91 Å². The van der Waals surface area contributed by atoms with Crippen molar-refractivity contribution in [3.8, 4) is 0 Å². The average molecular weight is 550 g/mol. The minimum atomic E-state index is -1.17. The highest BCUT2D eigenvalue weighted by Gasteiger charge is 2.26. The highest BCUT2D eigenvalue weighted by atomic mass is 16.3. The van der Waals surface area contributed by atoms with E-state index in [1.165, 1.54) is 70.6 Å². The molecule has 0 heterocycles. The highest BCUT2D eigenvalue weighted by molar-refractivity contribution is 5.76. The van der Waals surface area contributed by atoms with Crippen LogP contribution in [-0.4, -0.2) is 46.1 Å². The van der Waals surface area contributed by atoms with Gasteiger partial charge in [0.1, 0.15) is 6.10 Å². The van der Waals surface area contributed by atoms with Gasteiger partial charge in [0, 0.05) is 6.42 Å². The number of rotatable bonds is 28. The Morgan fingerprint density at radius 2 is 1.05 bits per heavy atom. The van der Waals surface area contributed by atoms with E-state index in [1.807, 2.05) is 0 Å². The molecule has 0 aliphatic rings. The molecule has 228 valence electrons. The van der Waals surface area contributed by atoms with Gasteiger partial charge in [-0.05, 0) is 77.0 Å². The fourth-order valence-corrected chi connectivity index (χ4v) is 4.58. The molecule has 0 aliphatic carbocycles. The average Bonchev–Trinajstić information content (AvgIpc) is 2.94. The summed E-state index contributed by atoms with van der Waals surface area (Å²) < 4.78 is 0. The van der Waals surface area contributed by atoms with E-state index in [-0.39, 0.29) is 12.5 Å². The molecule has 0 fully saturated rings. The molecule has 0 radical (unpaired) electrons. The van der Waals surface area contributed by atoms with Crippen LogP contribution in [0.15, 0.2) is 36.5 Å². The normalized spacial score (nSPS) is 14.5. The third-order valence-electron chi connectivity index (χ3n) is 7.19. The Bertz CT molecular complexity index is 616. The number of allylic oxidation sites excluding steroid dienone is 6. The Balaban J connectivity index is 3.86. The van der Waals surface area contributed by atoms with E-state index in [1.54, 1.807) is 0 Å². The number of carbonyl (C=O) groups excluding carboxylic acids is 1. The molecular formula is C34H63NO4. The van der Waals surface area contributed by atoms with Crippen LogP contribution in [0.2, 0.25) is 0 Å². The van der Waals surface area contributed by atoms with Gasteiger partial charge >= 0.3 is 0 Å². The fourth-order valence-electron chi connectivity index (χ4n) is 4.58. The molecule has 0 aromatic heterocycles. The molecule has 0 saturated carbocycles. The molecule has 39 heavy (non-hydrogen) atoms. The van der Waals surface area contributed by atoms with Crippen molar-refractivity contribution in [2.24, 2.45) is 0 Å². The van der Waals surface area contributed by atoms with Crippen molar-refractivity contribution in [1.29, 1.82) is 0 Å². The summed E-state index contributed by atoms with van der Waals surface area (Å²) in [4.78, 5) is 12.3. The summed E-state index contributed by atoms with van der Waals surface area (Å²) in [7, 11) is 0. The summed E-state index contributed by atoms with van der Waals surface area (Å²) in [5.74, 6) is -0.173. The minimum Gasteiger partial charge on any atom is -0.394 e. The summed E-state index contributed by atoms with van der Waals surface area (Å²) >= 11 is 0. The van der Waals surface area contributed by atoms with Gasteiger partial charge in [-0.1, -0.05) is 102 Å². The van der Waals surface area contributed by atoms with Crippen LogP contribution in [0.5, 0.6) is 0 Å². The summed E-state index contributed by atoms with van der Waals surface area (Å²) in [5, 5.41) is 33.1. The van der Waals surface area contributed by atoms with Crippen LogP contribution < -0.4 is 5.32 Å². The Morgan fingerprint density at radius 1 is 0.615 bits per heavy atom. The molecule has 5 nitrogen and oxygen atoms in total. The van der Waals surface area contributed by atoms with E-state index in [2.05, 4.69) is 55.6 Å². The van der Waals surface area contributed by atoms with Crippen molar-refractivity contribution in [2.75, 3.05) is 6.61 Å². The Labute approximate surface area is 241 Å². The second-order valence-electron chi connectivity index (χ2n) is 11.0. The first-order valence-corrected chi connectivity index (χ1v) is 16.3. The lowest BCUT2D eigenvalue weighted by Gasteiger charge is -2.26. The molecule has 4 N–H and O–H groups in total. The van der Waals surface area contributed by atoms with Crippen LogP contribution in [0.4, 0.5) is 0 Å². The van der Waals surface area contributed by atoms with Gasteiger partial charge in [0.05, 0.1) is 18.8 Å². The maximum Gasteiger partial charge on any atom is 0.220 e. The molecule has 3 atom stereocenters. The maximum absolute atomic E-state index is 12.3. The SMILES string of the molecule is CCCCC/C=C\CCCCCCCC(=O)NC(CO)C(O)C(O)CCC/C=C/CC/C=C/CCCCCC. The van der Waals surface area contributed by atoms with E-state index in [0.29, 0.717) is 12.8 Å². The molecule has 0 saturated heterocycles. The van der Waals surface area contributed by atoms with Gasteiger partial charge in [-0.15, -0.1) is 0 Å². The molecule has 0 rings (SSSR count). The monoisotopic (exact) mass is 549 g/mol. The van der Waals surface area contributed by atoms with Crippen molar-refractivity contribution in [1.82, 2.24) is 5.32 Å². The topological polar surface area (TPSA) is 89.8 Å².